The number of benzene rings is 3. The van der Waals surface area contributed by atoms with E-state index < -0.39 is 4.92 Å². The Labute approximate surface area is 163 Å². The third-order valence-electron chi connectivity index (χ3n) is 4.27. The maximum Gasteiger partial charge on any atom is 0.269 e. The molecule has 0 bridgehead atoms. The smallest absolute Gasteiger partial charge is 0.269 e. The molecule has 0 aliphatic carbocycles. The molecule has 0 aliphatic heterocycles. The second kappa shape index (κ2) is 9.28. The molecule has 0 spiro atoms. The highest BCUT2D eigenvalue weighted by Gasteiger charge is 2.12. The summed E-state index contributed by atoms with van der Waals surface area (Å²) in [7, 11) is 0. The molecule has 0 radical (unpaired) electrons. The van der Waals surface area contributed by atoms with Crippen LogP contribution in [0.5, 0.6) is 0 Å². The Bertz CT molecular complexity index is 911. The molecule has 28 heavy (non-hydrogen) atoms. The van der Waals surface area contributed by atoms with Crippen molar-refractivity contribution in [1.29, 1.82) is 0 Å². The number of hydrogen-bond donors (Lipinski definition) is 0. The molecule has 1 amide bonds. The molecule has 0 atom stereocenters. The van der Waals surface area contributed by atoms with Crippen LogP contribution in [0.3, 0.4) is 0 Å². The molecule has 3 rings (SSSR count). The fourth-order valence-corrected chi connectivity index (χ4v) is 2.80. The Morgan fingerprint density at radius 1 is 0.821 bits per heavy atom. The van der Waals surface area contributed by atoms with Crippen LogP contribution < -0.4 is 0 Å². The predicted molar refractivity (Wildman–Crippen MR) is 109 cm³/mol. The molecule has 0 unspecified atom stereocenters. The lowest BCUT2D eigenvalue weighted by atomic mass is 10.1. The number of amides is 1. The van der Waals surface area contributed by atoms with Crippen LogP contribution in [-0.4, -0.2) is 15.7 Å². The summed E-state index contributed by atoms with van der Waals surface area (Å²) in [6.45, 7) is 0.998. The highest BCUT2D eigenvalue weighted by atomic mass is 16.6. The summed E-state index contributed by atoms with van der Waals surface area (Å²) in [5.74, 6) is -0.119. The van der Waals surface area contributed by atoms with Gasteiger partial charge in [0.25, 0.3) is 5.69 Å². The molecular weight excluding hydrogens is 352 g/mol. The van der Waals surface area contributed by atoms with Crippen molar-refractivity contribution in [2.24, 2.45) is 0 Å². The van der Waals surface area contributed by atoms with E-state index >= 15 is 0 Å². The van der Waals surface area contributed by atoms with Gasteiger partial charge in [-0.1, -0.05) is 60.7 Å². The van der Waals surface area contributed by atoms with Crippen molar-refractivity contribution < 1.29 is 9.72 Å². The molecule has 0 N–H and O–H groups in total. The Kier molecular flexibility index (Phi) is 6.31. The number of non-ortho nitro benzene ring substituents is 1. The van der Waals surface area contributed by atoms with Gasteiger partial charge in [-0.3, -0.25) is 14.9 Å². The Hall–Kier alpha value is -3.73. The van der Waals surface area contributed by atoms with Crippen molar-refractivity contribution in [3.63, 3.8) is 0 Å². The molecule has 140 valence electrons. The molecule has 5 heteroatoms. The van der Waals surface area contributed by atoms with Crippen molar-refractivity contribution >= 4 is 17.7 Å². The van der Waals surface area contributed by atoms with Crippen LogP contribution in [0.25, 0.3) is 6.08 Å². The third-order valence-corrected chi connectivity index (χ3v) is 4.27. The third kappa shape index (κ3) is 5.38. The molecule has 5 nitrogen and oxygen atoms in total. The molecular formula is C23H20N2O3. The number of nitro benzene ring substituents is 1. The standard InChI is InChI=1S/C23H20N2O3/c26-23(16-13-19-11-14-22(15-12-19)25(27)28)24(17-20-7-3-1-4-8-20)18-21-9-5-2-6-10-21/h1-16H,17-18H2. The Morgan fingerprint density at radius 2 is 1.32 bits per heavy atom. The lowest BCUT2D eigenvalue weighted by Crippen LogP contribution is -2.28. The van der Waals surface area contributed by atoms with Gasteiger partial charge < -0.3 is 4.90 Å². The zero-order valence-corrected chi connectivity index (χ0v) is 15.3. The van der Waals surface area contributed by atoms with Crippen LogP contribution in [0, 0.1) is 10.1 Å². The first-order valence-corrected chi connectivity index (χ1v) is 8.91. The largest absolute Gasteiger partial charge is 0.331 e. The van der Waals surface area contributed by atoms with E-state index in [0.717, 1.165) is 16.7 Å². The summed E-state index contributed by atoms with van der Waals surface area (Å²) in [4.78, 5) is 24.9. The summed E-state index contributed by atoms with van der Waals surface area (Å²) in [5.41, 5.74) is 2.86. The van der Waals surface area contributed by atoms with E-state index in [4.69, 9.17) is 0 Å². The summed E-state index contributed by atoms with van der Waals surface area (Å²) in [6, 6.07) is 25.8. The lowest BCUT2D eigenvalue weighted by Gasteiger charge is -2.21. The van der Waals surface area contributed by atoms with Crippen LogP contribution in [-0.2, 0) is 17.9 Å². The van der Waals surface area contributed by atoms with Crippen LogP contribution in [0.15, 0.2) is 91.0 Å². The van der Waals surface area contributed by atoms with Crippen molar-refractivity contribution in [2.45, 2.75) is 13.1 Å². The minimum absolute atomic E-state index is 0.0262. The minimum atomic E-state index is -0.444. The van der Waals surface area contributed by atoms with Crippen molar-refractivity contribution in [3.05, 3.63) is 118 Å². The Morgan fingerprint density at radius 3 is 1.79 bits per heavy atom. The van der Waals surface area contributed by atoms with Gasteiger partial charge in [0.1, 0.15) is 0 Å². The van der Waals surface area contributed by atoms with Crippen LogP contribution in [0.4, 0.5) is 5.69 Å². The summed E-state index contributed by atoms with van der Waals surface area (Å²) in [6.07, 6.45) is 3.18. The molecule has 0 heterocycles. The first-order valence-electron chi connectivity index (χ1n) is 8.91. The number of hydrogen-bond acceptors (Lipinski definition) is 3. The van der Waals surface area contributed by atoms with Crippen molar-refractivity contribution in [2.75, 3.05) is 0 Å². The van der Waals surface area contributed by atoms with Crippen LogP contribution in [0.1, 0.15) is 16.7 Å². The van der Waals surface area contributed by atoms with E-state index in [1.807, 2.05) is 60.7 Å². The topological polar surface area (TPSA) is 63.4 Å². The second-order valence-corrected chi connectivity index (χ2v) is 6.35. The summed E-state index contributed by atoms with van der Waals surface area (Å²) < 4.78 is 0. The SMILES string of the molecule is O=C(C=Cc1ccc([N+](=O)[O-])cc1)N(Cc1ccccc1)Cc1ccccc1. The zero-order valence-electron chi connectivity index (χ0n) is 15.3. The van der Waals surface area contributed by atoms with Gasteiger partial charge in [0.05, 0.1) is 4.92 Å². The second-order valence-electron chi connectivity index (χ2n) is 6.35. The Balaban J connectivity index is 1.76. The number of nitro groups is 1. The van der Waals surface area contributed by atoms with E-state index in [1.165, 1.54) is 18.2 Å². The molecule has 0 saturated heterocycles. The monoisotopic (exact) mass is 372 g/mol. The highest BCUT2D eigenvalue weighted by Crippen LogP contribution is 2.14. The van der Waals surface area contributed by atoms with Gasteiger partial charge in [-0.25, -0.2) is 0 Å². The summed E-state index contributed by atoms with van der Waals surface area (Å²) >= 11 is 0. The first kappa shape index (κ1) is 19.0. The summed E-state index contributed by atoms with van der Waals surface area (Å²) in [5, 5.41) is 10.7. The lowest BCUT2D eigenvalue weighted by molar-refractivity contribution is -0.384. The average molecular weight is 372 g/mol. The molecule has 3 aromatic carbocycles. The number of nitrogens with zero attached hydrogens (tertiary/aromatic N) is 2. The van der Waals surface area contributed by atoms with Gasteiger partial charge >= 0.3 is 0 Å². The number of carbonyl (C=O) groups excluding carboxylic acids is 1. The van der Waals surface area contributed by atoms with Crippen molar-refractivity contribution in [1.82, 2.24) is 4.90 Å². The van der Waals surface area contributed by atoms with Crippen LogP contribution >= 0.6 is 0 Å². The van der Waals surface area contributed by atoms with Gasteiger partial charge in [0, 0.05) is 31.3 Å². The van der Waals surface area contributed by atoms with E-state index in [-0.39, 0.29) is 11.6 Å². The van der Waals surface area contributed by atoms with Crippen molar-refractivity contribution in [3.8, 4) is 0 Å². The van der Waals surface area contributed by atoms with Gasteiger partial charge in [-0.05, 0) is 34.9 Å². The van der Waals surface area contributed by atoms with Gasteiger partial charge in [0.15, 0.2) is 0 Å². The molecule has 0 saturated carbocycles. The number of carbonyl (C=O) groups is 1. The predicted octanol–water partition coefficient (Wildman–Crippen LogP) is 4.84. The van der Waals surface area contributed by atoms with E-state index in [1.54, 1.807) is 23.1 Å². The molecule has 3 aromatic rings. The highest BCUT2D eigenvalue weighted by molar-refractivity contribution is 5.91. The fourth-order valence-electron chi connectivity index (χ4n) is 2.80. The van der Waals surface area contributed by atoms with Crippen LogP contribution in [0.2, 0.25) is 0 Å². The number of rotatable bonds is 7. The fraction of sp³-hybridized carbons (Fsp3) is 0.0870. The molecule has 0 aromatic heterocycles. The van der Waals surface area contributed by atoms with E-state index in [9.17, 15) is 14.9 Å². The van der Waals surface area contributed by atoms with E-state index in [2.05, 4.69) is 0 Å². The first-order chi connectivity index (χ1) is 13.6. The molecule has 0 fully saturated rings. The minimum Gasteiger partial charge on any atom is -0.331 e. The zero-order chi connectivity index (χ0) is 19.8. The van der Waals surface area contributed by atoms with Gasteiger partial charge in [0.2, 0.25) is 5.91 Å². The normalized spacial score (nSPS) is 10.7. The quantitative estimate of drug-likeness (QED) is 0.339. The van der Waals surface area contributed by atoms with E-state index in [0.29, 0.717) is 13.1 Å². The van der Waals surface area contributed by atoms with Gasteiger partial charge in [-0.15, -0.1) is 0 Å². The maximum atomic E-state index is 12.8. The average Bonchev–Trinajstić information content (AvgIpc) is 2.73. The maximum absolute atomic E-state index is 12.8. The molecule has 0 aliphatic rings. The van der Waals surface area contributed by atoms with Gasteiger partial charge in [-0.2, -0.15) is 0 Å².